The predicted molar refractivity (Wildman–Crippen MR) is 74.5 cm³/mol. The molecule has 5 nitrogen and oxygen atoms in total. The van der Waals surface area contributed by atoms with Crippen LogP contribution in [-0.2, 0) is 4.74 Å². The van der Waals surface area contributed by atoms with Crippen LogP contribution in [0.5, 0.6) is 0 Å². The van der Waals surface area contributed by atoms with Crippen LogP contribution in [0.1, 0.15) is 31.1 Å². The molecule has 1 aromatic rings. The molecule has 0 spiro atoms. The van der Waals surface area contributed by atoms with Crippen molar-refractivity contribution in [1.29, 1.82) is 0 Å². The van der Waals surface area contributed by atoms with Gasteiger partial charge >= 0.3 is 5.97 Å². The fraction of sp³-hybridized carbons (Fsp3) is 0.571. The average Bonchev–Trinajstić information content (AvgIpc) is 2.42. The topological polar surface area (TPSA) is 54.5 Å². The molecule has 1 fully saturated rings. The van der Waals surface area contributed by atoms with E-state index in [0.717, 1.165) is 18.9 Å². The lowest BCUT2D eigenvalue weighted by Crippen LogP contribution is -2.54. The standard InChI is InChI=1S/C14H21N3O2/c1-4-19-14(18)12-5-6-13(16-8-12)17-9-10(2)15-7-11(17)3/h5-6,8,10-11,15H,4,7,9H2,1-3H3. The molecule has 2 unspecified atom stereocenters. The fourth-order valence-electron chi connectivity index (χ4n) is 2.23. The van der Waals surface area contributed by atoms with Gasteiger partial charge in [0.2, 0.25) is 0 Å². The highest BCUT2D eigenvalue weighted by atomic mass is 16.5. The molecule has 5 heteroatoms. The van der Waals surface area contributed by atoms with Crippen molar-refractivity contribution in [2.75, 3.05) is 24.6 Å². The third-order valence-electron chi connectivity index (χ3n) is 3.32. The van der Waals surface area contributed by atoms with Gasteiger partial charge in [-0.25, -0.2) is 9.78 Å². The van der Waals surface area contributed by atoms with Crippen LogP contribution >= 0.6 is 0 Å². The van der Waals surface area contributed by atoms with Gasteiger partial charge in [-0.15, -0.1) is 0 Å². The number of hydrogen-bond donors (Lipinski definition) is 1. The summed E-state index contributed by atoms with van der Waals surface area (Å²) in [5.41, 5.74) is 0.501. The van der Waals surface area contributed by atoms with Crippen molar-refractivity contribution in [2.24, 2.45) is 0 Å². The van der Waals surface area contributed by atoms with Gasteiger partial charge < -0.3 is 15.0 Å². The smallest absolute Gasteiger partial charge is 0.339 e. The number of esters is 1. The first-order valence-electron chi connectivity index (χ1n) is 6.75. The molecule has 1 saturated heterocycles. The zero-order valence-electron chi connectivity index (χ0n) is 11.7. The molecule has 1 N–H and O–H groups in total. The average molecular weight is 263 g/mol. The van der Waals surface area contributed by atoms with Gasteiger partial charge in [0, 0.05) is 31.4 Å². The molecule has 104 valence electrons. The number of aromatic nitrogens is 1. The van der Waals surface area contributed by atoms with E-state index in [-0.39, 0.29) is 5.97 Å². The van der Waals surface area contributed by atoms with Crippen LogP contribution in [0.4, 0.5) is 5.82 Å². The number of nitrogens with zero attached hydrogens (tertiary/aromatic N) is 2. The van der Waals surface area contributed by atoms with Crippen LogP contribution < -0.4 is 10.2 Å². The Morgan fingerprint density at radius 2 is 2.32 bits per heavy atom. The Labute approximate surface area is 114 Å². The Bertz CT molecular complexity index is 433. The zero-order chi connectivity index (χ0) is 13.8. The molecule has 19 heavy (non-hydrogen) atoms. The second-order valence-corrected chi connectivity index (χ2v) is 4.94. The van der Waals surface area contributed by atoms with Crippen LogP contribution in [0.25, 0.3) is 0 Å². The van der Waals surface area contributed by atoms with E-state index in [1.54, 1.807) is 19.2 Å². The second-order valence-electron chi connectivity index (χ2n) is 4.94. The molecule has 2 heterocycles. The summed E-state index contributed by atoms with van der Waals surface area (Å²) in [6.45, 7) is 8.37. The Kier molecular flexibility index (Phi) is 4.37. The molecule has 0 aliphatic carbocycles. The van der Waals surface area contributed by atoms with E-state index in [4.69, 9.17) is 4.74 Å². The van der Waals surface area contributed by atoms with E-state index in [9.17, 15) is 4.79 Å². The summed E-state index contributed by atoms with van der Waals surface area (Å²) in [6.07, 6.45) is 1.59. The second kappa shape index (κ2) is 6.02. The third-order valence-corrected chi connectivity index (χ3v) is 3.32. The number of carbonyl (C=O) groups excluding carboxylic acids is 1. The van der Waals surface area contributed by atoms with E-state index in [0.29, 0.717) is 24.3 Å². The molecule has 0 bridgehead atoms. The van der Waals surface area contributed by atoms with Gasteiger partial charge in [0.15, 0.2) is 0 Å². The van der Waals surface area contributed by atoms with Gasteiger partial charge in [-0.1, -0.05) is 0 Å². The fourth-order valence-corrected chi connectivity index (χ4v) is 2.23. The molecule has 0 radical (unpaired) electrons. The normalized spacial score (nSPS) is 23.2. The summed E-state index contributed by atoms with van der Waals surface area (Å²) in [4.78, 5) is 18.2. The number of hydrogen-bond acceptors (Lipinski definition) is 5. The summed E-state index contributed by atoms with van der Waals surface area (Å²) in [5, 5.41) is 3.43. The van der Waals surface area contributed by atoms with Gasteiger partial charge in [-0.2, -0.15) is 0 Å². The molecule has 0 saturated carbocycles. The van der Waals surface area contributed by atoms with Crippen molar-refractivity contribution in [3.05, 3.63) is 23.9 Å². The first-order chi connectivity index (χ1) is 9.11. The molecule has 0 aromatic carbocycles. The van der Waals surface area contributed by atoms with Crippen LogP contribution in [-0.4, -0.2) is 42.7 Å². The number of nitrogens with one attached hydrogen (secondary N) is 1. The van der Waals surface area contributed by atoms with Crippen LogP contribution in [0.15, 0.2) is 18.3 Å². The highest BCUT2D eigenvalue weighted by Crippen LogP contribution is 2.17. The summed E-state index contributed by atoms with van der Waals surface area (Å²) in [6, 6.07) is 4.51. The number of carbonyl (C=O) groups is 1. The van der Waals surface area contributed by atoms with E-state index < -0.39 is 0 Å². The van der Waals surface area contributed by atoms with Crippen LogP contribution in [0.2, 0.25) is 0 Å². The molecule has 2 rings (SSSR count). The minimum Gasteiger partial charge on any atom is -0.462 e. The number of pyridine rings is 1. The summed E-state index contributed by atoms with van der Waals surface area (Å²) in [7, 11) is 0. The van der Waals surface area contributed by atoms with Gasteiger partial charge in [0.1, 0.15) is 5.82 Å². The summed E-state index contributed by atoms with van der Waals surface area (Å²) in [5.74, 6) is 0.595. The highest BCUT2D eigenvalue weighted by molar-refractivity contribution is 5.89. The molecule has 1 aromatic heterocycles. The van der Waals surface area contributed by atoms with Gasteiger partial charge in [-0.05, 0) is 32.9 Å². The molecule has 2 atom stereocenters. The SMILES string of the molecule is CCOC(=O)c1ccc(N2CC(C)NCC2C)nc1. The van der Waals surface area contributed by atoms with Crippen molar-refractivity contribution < 1.29 is 9.53 Å². The minimum atomic E-state index is -0.316. The number of piperazine rings is 1. The first kappa shape index (κ1) is 13.8. The van der Waals surface area contributed by atoms with Crippen LogP contribution in [0, 0.1) is 0 Å². The van der Waals surface area contributed by atoms with Crippen molar-refractivity contribution in [3.8, 4) is 0 Å². The monoisotopic (exact) mass is 263 g/mol. The zero-order valence-corrected chi connectivity index (χ0v) is 11.7. The summed E-state index contributed by atoms with van der Waals surface area (Å²) >= 11 is 0. The Balaban J connectivity index is 2.11. The Morgan fingerprint density at radius 3 is 2.95 bits per heavy atom. The van der Waals surface area contributed by atoms with Gasteiger partial charge in [0.25, 0.3) is 0 Å². The number of ether oxygens (including phenoxy) is 1. The van der Waals surface area contributed by atoms with Crippen LogP contribution in [0.3, 0.4) is 0 Å². The van der Waals surface area contributed by atoms with E-state index in [1.807, 2.05) is 6.07 Å². The van der Waals surface area contributed by atoms with Gasteiger partial charge in [0.05, 0.1) is 12.2 Å². The molecule has 1 aliphatic rings. The lowest BCUT2D eigenvalue weighted by molar-refractivity contribution is 0.0526. The summed E-state index contributed by atoms with van der Waals surface area (Å²) < 4.78 is 4.95. The van der Waals surface area contributed by atoms with Crippen molar-refractivity contribution in [2.45, 2.75) is 32.9 Å². The van der Waals surface area contributed by atoms with Crippen molar-refractivity contribution >= 4 is 11.8 Å². The van der Waals surface area contributed by atoms with Crippen molar-refractivity contribution in [3.63, 3.8) is 0 Å². The molecular formula is C14H21N3O2. The lowest BCUT2D eigenvalue weighted by Gasteiger charge is -2.38. The molecule has 0 amide bonds. The number of rotatable bonds is 3. The largest absolute Gasteiger partial charge is 0.462 e. The Morgan fingerprint density at radius 1 is 1.53 bits per heavy atom. The maximum atomic E-state index is 11.6. The van der Waals surface area contributed by atoms with E-state index in [2.05, 4.69) is 29.0 Å². The maximum Gasteiger partial charge on any atom is 0.339 e. The lowest BCUT2D eigenvalue weighted by atomic mass is 10.1. The van der Waals surface area contributed by atoms with E-state index in [1.165, 1.54) is 0 Å². The van der Waals surface area contributed by atoms with Crippen molar-refractivity contribution in [1.82, 2.24) is 10.3 Å². The highest BCUT2D eigenvalue weighted by Gasteiger charge is 2.23. The minimum absolute atomic E-state index is 0.316. The molecule has 1 aliphatic heterocycles. The number of anilines is 1. The molecular weight excluding hydrogens is 242 g/mol. The first-order valence-corrected chi connectivity index (χ1v) is 6.75. The van der Waals surface area contributed by atoms with E-state index >= 15 is 0 Å². The third kappa shape index (κ3) is 3.23. The maximum absolute atomic E-state index is 11.6. The van der Waals surface area contributed by atoms with Gasteiger partial charge in [-0.3, -0.25) is 0 Å². The quantitative estimate of drug-likeness (QED) is 0.836. The Hall–Kier alpha value is -1.62. The predicted octanol–water partition coefficient (Wildman–Crippen LogP) is 1.44.